The summed E-state index contributed by atoms with van der Waals surface area (Å²) >= 11 is 0. The Balaban J connectivity index is 2.14. The second kappa shape index (κ2) is 6.16. The van der Waals surface area contributed by atoms with Crippen molar-refractivity contribution in [2.75, 3.05) is 12.4 Å². The molecule has 1 aliphatic rings. The van der Waals surface area contributed by atoms with Crippen molar-refractivity contribution in [2.45, 2.75) is 45.7 Å². The van der Waals surface area contributed by atoms with Crippen LogP contribution < -0.4 is 10.1 Å². The maximum atomic E-state index is 12.4. The lowest BCUT2D eigenvalue weighted by Gasteiger charge is -2.22. The second-order valence-electron chi connectivity index (χ2n) is 5.44. The maximum absolute atomic E-state index is 12.4. The van der Waals surface area contributed by atoms with E-state index in [1.54, 1.807) is 7.11 Å². The molecule has 1 aliphatic heterocycles. The van der Waals surface area contributed by atoms with Gasteiger partial charge in [-0.2, -0.15) is 0 Å². The van der Waals surface area contributed by atoms with E-state index in [-0.39, 0.29) is 24.3 Å². The van der Waals surface area contributed by atoms with Crippen LogP contribution in [-0.4, -0.2) is 35.9 Å². The van der Waals surface area contributed by atoms with Crippen LogP contribution in [0.15, 0.2) is 18.2 Å². The van der Waals surface area contributed by atoms with Crippen molar-refractivity contribution in [1.29, 1.82) is 0 Å². The molecule has 0 spiro atoms. The van der Waals surface area contributed by atoms with E-state index in [0.717, 1.165) is 23.4 Å². The molecule has 1 fully saturated rings. The van der Waals surface area contributed by atoms with Crippen LogP contribution in [0.25, 0.3) is 0 Å². The first-order valence-electron chi connectivity index (χ1n) is 7.25. The molecular formula is C16H22N2O3. The van der Waals surface area contributed by atoms with Crippen molar-refractivity contribution in [3.8, 4) is 5.75 Å². The number of carbonyl (C=O) groups excluding carboxylic acids is 2. The van der Waals surface area contributed by atoms with Crippen molar-refractivity contribution in [3.63, 3.8) is 0 Å². The van der Waals surface area contributed by atoms with E-state index in [9.17, 15) is 9.59 Å². The summed E-state index contributed by atoms with van der Waals surface area (Å²) < 4.78 is 5.16. The standard InChI is InChI=1S/C16H22N2O3/c1-5-11(3)18-15(19)9-14(16(18)20)17-13-7-6-12(21-4)8-10(13)2/h6-8,11,14,17H,5,9H2,1-4H3. The first-order valence-corrected chi connectivity index (χ1v) is 7.25. The molecular weight excluding hydrogens is 268 g/mol. The Hall–Kier alpha value is -2.04. The van der Waals surface area contributed by atoms with Crippen molar-refractivity contribution in [3.05, 3.63) is 23.8 Å². The fourth-order valence-electron chi connectivity index (χ4n) is 2.52. The summed E-state index contributed by atoms with van der Waals surface area (Å²) in [6, 6.07) is 5.09. The molecule has 2 amide bonds. The van der Waals surface area contributed by atoms with Gasteiger partial charge in [0, 0.05) is 11.7 Å². The Kier molecular flexibility index (Phi) is 4.50. The first kappa shape index (κ1) is 15.4. The summed E-state index contributed by atoms with van der Waals surface area (Å²) in [6.07, 6.45) is 0.987. The number of methoxy groups -OCH3 is 1. The highest BCUT2D eigenvalue weighted by molar-refractivity contribution is 6.07. The number of nitrogens with one attached hydrogen (secondary N) is 1. The summed E-state index contributed by atoms with van der Waals surface area (Å²) in [5.74, 6) is 0.538. The third-order valence-corrected chi connectivity index (χ3v) is 3.98. The number of nitrogens with zero attached hydrogens (tertiary/aromatic N) is 1. The quantitative estimate of drug-likeness (QED) is 0.846. The third-order valence-electron chi connectivity index (χ3n) is 3.98. The van der Waals surface area contributed by atoms with Gasteiger partial charge in [0.2, 0.25) is 5.91 Å². The molecule has 114 valence electrons. The van der Waals surface area contributed by atoms with Gasteiger partial charge in [-0.25, -0.2) is 0 Å². The predicted octanol–water partition coefficient (Wildman–Crippen LogP) is 2.34. The lowest BCUT2D eigenvalue weighted by atomic mass is 10.1. The number of carbonyl (C=O) groups is 2. The smallest absolute Gasteiger partial charge is 0.252 e. The van der Waals surface area contributed by atoms with Gasteiger partial charge in [0.15, 0.2) is 0 Å². The fourth-order valence-corrected chi connectivity index (χ4v) is 2.52. The zero-order chi connectivity index (χ0) is 15.6. The van der Waals surface area contributed by atoms with Gasteiger partial charge < -0.3 is 10.1 Å². The van der Waals surface area contributed by atoms with Crippen LogP contribution in [-0.2, 0) is 9.59 Å². The molecule has 1 N–H and O–H groups in total. The van der Waals surface area contributed by atoms with Gasteiger partial charge in [-0.1, -0.05) is 6.92 Å². The summed E-state index contributed by atoms with van der Waals surface area (Å²) in [6.45, 7) is 5.81. The lowest BCUT2D eigenvalue weighted by molar-refractivity contribution is -0.140. The maximum Gasteiger partial charge on any atom is 0.252 e. The molecule has 1 heterocycles. The van der Waals surface area contributed by atoms with Crippen LogP contribution in [0.3, 0.4) is 0 Å². The third kappa shape index (κ3) is 3.01. The molecule has 5 heteroatoms. The number of hydrogen-bond acceptors (Lipinski definition) is 4. The molecule has 1 aromatic rings. The molecule has 0 aromatic heterocycles. The van der Waals surface area contributed by atoms with Crippen molar-refractivity contribution in [1.82, 2.24) is 4.90 Å². The zero-order valence-electron chi connectivity index (χ0n) is 13.0. The number of anilines is 1. The lowest BCUT2D eigenvalue weighted by Crippen LogP contribution is -2.40. The highest BCUT2D eigenvalue weighted by Gasteiger charge is 2.40. The molecule has 0 saturated carbocycles. The van der Waals surface area contributed by atoms with Crippen LogP contribution in [0.1, 0.15) is 32.3 Å². The predicted molar refractivity (Wildman–Crippen MR) is 81.4 cm³/mol. The van der Waals surface area contributed by atoms with Gasteiger partial charge in [0.1, 0.15) is 11.8 Å². The largest absolute Gasteiger partial charge is 0.497 e. The van der Waals surface area contributed by atoms with Gasteiger partial charge in [-0.3, -0.25) is 14.5 Å². The van der Waals surface area contributed by atoms with Crippen molar-refractivity contribution in [2.24, 2.45) is 0 Å². The van der Waals surface area contributed by atoms with Crippen LogP contribution >= 0.6 is 0 Å². The zero-order valence-corrected chi connectivity index (χ0v) is 13.0. The monoisotopic (exact) mass is 290 g/mol. The van der Waals surface area contributed by atoms with Gasteiger partial charge in [-0.15, -0.1) is 0 Å². The molecule has 0 aliphatic carbocycles. The first-order chi connectivity index (χ1) is 9.97. The summed E-state index contributed by atoms with van der Waals surface area (Å²) in [7, 11) is 1.62. The van der Waals surface area contributed by atoms with E-state index in [1.165, 1.54) is 4.90 Å². The van der Waals surface area contributed by atoms with E-state index in [0.29, 0.717) is 0 Å². The Bertz CT molecular complexity index is 556. The van der Waals surface area contributed by atoms with Crippen molar-refractivity contribution >= 4 is 17.5 Å². The highest BCUT2D eigenvalue weighted by atomic mass is 16.5. The topological polar surface area (TPSA) is 58.6 Å². The Labute approximate surface area is 125 Å². The Morgan fingerprint density at radius 3 is 2.71 bits per heavy atom. The van der Waals surface area contributed by atoms with Gasteiger partial charge in [-0.05, 0) is 44.0 Å². The molecule has 5 nitrogen and oxygen atoms in total. The van der Waals surface area contributed by atoms with E-state index in [4.69, 9.17) is 4.74 Å². The Morgan fingerprint density at radius 1 is 1.43 bits per heavy atom. The molecule has 1 aromatic carbocycles. The van der Waals surface area contributed by atoms with Crippen LogP contribution in [0.2, 0.25) is 0 Å². The normalized spacial score (nSPS) is 19.8. The number of imide groups is 1. The Morgan fingerprint density at radius 2 is 2.14 bits per heavy atom. The van der Waals surface area contributed by atoms with Crippen LogP contribution in [0.4, 0.5) is 5.69 Å². The average Bonchev–Trinajstić information content (AvgIpc) is 2.75. The average molecular weight is 290 g/mol. The van der Waals surface area contributed by atoms with E-state index in [2.05, 4.69) is 5.32 Å². The summed E-state index contributed by atoms with van der Waals surface area (Å²) in [5.41, 5.74) is 1.84. The van der Waals surface area contributed by atoms with Gasteiger partial charge in [0.25, 0.3) is 5.91 Å². The minimum atomic E-state index is -0.474. The molecule has 21 heavy (non-hydrogen) atoms. The highest BCUT2D eigenvalue weighted by Crippen LogP contribution is 2.25. The number of amides is 2. The molecule has 1 saturated heterocycles. The molecule has 2 unspecified atom stereocenters. The van der Waals surface area contributed by atoms with E-state index >= 15 is 0 Å². The van der Waals surface area contributed by atoms with E-state index in [1.807, 2.05) is 39.0 Å². The summed E-state index contributed by atoms with van der Waals surface area (Å²) in [5, 5.41) is 3.18. The molecule has 0 bridgehead atoms. The minimum Gasteiger partial charge on any atom is -0.497 e. The number of likely N-dealkylation sites (tertiary alicyclic amines) is 1. The van der Waals surface area contributed by atoms with Crippen LogP contribution in [0.5, 0.6) is 5.75 Å². The summed E-state index contributed by atoms with van der Waals surface area (Å²) in [4.78, 5) is 25.8. The van der Waals surface area contributed by atoms with Gasteiger partial charge >= 0.3 is 0 Å². The van der Waals surface area contributed by atoms with Crippen molar-refractivity contribution < 1.29 is 14.3 Å². The number of aryl methyl sites for hydroxylation is 1. The molecule has 2 rings (SSSR count). The molecule has 0 radical (unpaired) electrons. The number of benzene rings is 1. The second-order valence-corrected chi connectivity index (χ2v) is 5.44. The number of hydrogen-bond donors (Lipinski definition) is 1. The molecule has 2 atom stereocenters. The van der Waals surface area contributed by atoms with Crippen LogP contribution in [0, 0.1) is 6.92 Å². The number of ether oxygens (including phenoxy) is 1. The fraction of sp³-hybridized carbons (Fsp3) is 0.500. The van der Waals surface area contributed by atoms with E-state index < -0.39 is 6.04 Å². The number of rotatable bonds is 5. The SMILES string of the molecule is CCC(C)N1C(=O)CC(Nc2ccc(OC)cc2C)C1=O. The van der Waals surface area contributed by atoms with Gasteiger partial charge in [0.05, 0.1) is 13.5 Å². The minimum absolute atomic E-state index is 0.0474.